The molecule has 0 atom stereocenters. The topological polar surface area (TPSA) is 55.2 Å². The van der Waals surface area contributed by atoms with Crippen LogP contribution in [-0.4, -0.2) is 4.92 Å². The summed E-state index contributed by atoms with van der Waals surface area (Å²) in [5.41, 5.74) is 1.49. The zero-order valence-corrected chi connectivity index (χ0v) is 11.2. The molecular formula is C12H11ClN2O2S. The number of thiophene rings is 1. The van der Waals surface area contributed by atoms with Gasteiger partial charge < -0.3 is 5.32 Å². The molecule has 0 amide bonds. The van der Waals surface area contributed by atoms with Gasteiger partial charge in [0.05, 0.1) is 9.26 Å². The van der Waals surface area contributed by atoms with Gasteiger partial charge in [0.1, 0.15) is 5.69 Å². The molecule has 0 unspecified atom stereocenters. The highest BCUT2D eigenvalue weighted by atomic mass is 35.5. The number of aryl methyl sites for hydroxylation is 1. The Morgan fingerprint density at radius 2 is 2.17 bits per heavy atom. The molecule has 0 saturated carbocycles. The Kier molecular flexibility index (Phi) is 3.84. The van der Waals surface area contributed by atoms with Gasteiger partial charge in [-0.2, -0.15) is 0 Å². The summed E-state index contributed by atoms with van der Waals surface area (Å²) in [6.45, 7) is 2.36. The maximum atomic E-state index is 10.9. The molecule has 18 heavy (non-hydrogen) atoms. The first kappa shape index (κ1) is 12.9. The highest BCUT2D eigenvalue weighted by Crippen LogP contribution is 2.27. The fraction of sp³-hybridized carbons (Fsp3) is 0.167. The molecule has 0 radical (unpaired) electrons. The molecule has 94 valence electrons. The molecule has 0 bridgehead atoms. The van der Waals surface area contributed by atoms with Crippen molar-refractivity contribution in [2.45, 2.75) is 13.5 Å². The van der Waals surface area contributed by atoms with Gasteiger partial charge in [-0.25, -0.2) is 0 Å². The maximum absolute atomic E-state index is 10.9. The van der Waals surface area contributed by atoms with Crippen molar-refractivity contribution in [1.82, 2.24) is 0 Å². The summed E-state index contributed by atoms with van der Waals surface area (Å²) in [5.74, 6) is 0. The zero-order chi connectivity index (χ0) is 13.1. The minimum absolute atomic E-state index is 0.0950. The number of anilines is 1. The molecule has 6 heteroatoms. The van der Waals surface area contributed by atoms with Crippen LogP contribution in [0.15, 0.2) is 30.3 Å². The van der Waals surface area contributed by atoms with Gasteiger partial charge in [-0.05, 0) is 30.7 Å². The average Bonchev–Trinajstić information content (AvgIpc) is 2.73. The van der Waals surface area contributed by atoms with E-state index < -0.39 is 0 Å². The lowest BCUT2D eigenvalue weighted by Crippen LogP contribution is -2.01. The molecule has 1 heterocycles. The third-order valence-corrected chi connectivity index (χ3v) is 3.66. The standard InChI is InChI=1S/C12H11ClN2O2S/c1-8-2-4-10(11(6-8)15(16)17)14-7-9-3-5-12(13)18-9/h2-6,14H,7H2,1H3. The Bertz CT molecular complexity index is 583. The van der Waals surface area contributed by atoms with E-state index >= 15 is 0 Å². The summed E-state index contributed by atoms with van der Waals surface area (Å²) < 4.78 is 0.713. The molecule has 1 N–H and O–H groups in total. The molecule has 1 aromatic heterocycles. The van der Waals surface area contributed by atoms with Crippen molar-refractivity contribution in [3.8, 4) is 0 Å². The van der Waals surface area contributed by atoms with E-state index in [-0.39, 0.29) is 10.6 Å². The first-order valence-electron chi connectivity index (χ1n) is 5.29. The van der Waals surface area contributed by atoms with Crippen molar-refractivity contribution in [2.24, 2.45) is 0 Å². The van der Waals surface area contributed by atoms with E-state index in [1.165, 1.54) is 11.3 Å². The normalized spacial score (nSPS) is 10.3. The second-order valence-corrected chi connectivity index (χ2v) is 5.64. The number of nitro benzene ring substituents is 1. The number of benzene rings is 1. The van der Waals surface area contributed by atoms with Gasteiger partial charge in [0.2, 0.25) is 0 Å². The van der Waals surface area contributed by atoms with Crippen LogP contribution in [0.1, 0.15) is 10.4 Å². The number of hydrogen-bond donors (Lipinski definition) is 1. The van der Waals surface area contributed by atoms with Crippen LogP contribution in [0.4, 0.5) is 11.4 Å². The van der Waals surface area contributed by atoms with Gasteiger partial charge in [0.15, 0.2) is 0 Å². The molecule has 0 fully saturated rings. The van der Waals surface area contributed by atoms with Crippen molar-refractivity contribution in [3.05, 3.63) is 55.2 Å². The largest absolute Gasteiger partial charge is 0.375 e. The summed E-state index contributed by atoms with van der Waals surface area (Å²) in [7, 11) is 0. The van der Waals surface area contributed by atoms with E-state index in [1.807, 2.05) is 25.1 Å². The van der Waals surface area contributed by atoms with E-state index in [9.17, 15) is 10.1 Å². The predicted octanol–water partition coefficient (Wildman–Crippen LogP) is 4.23. The lowest BCUT2D eigenvalue weighted by Gasteiger charge is -2.06. The van der Waals surface area contributed by atoms with Crippen LogP contribution in [0.3, 0.4) is 0 Å². The molecule has 0 aliphatic rings. The van der Waals surface area contributed by atoms with Gasteiger partial charge in [-0.1, -0.05) is 17.7 Å². The number of rotatable bonds is 4. The molecule has 0 spiro atoms. The molecule has 0 aliphatic heterocycles. The van der Waals surface area contributed by atoms with Crippen LogP contribution in [0.2, 0.25) is 4.34 Å². The van der Waals surface area contributed by atoms with E-state index in [0.29, 0.717) is 16.6 Å². The SMILES string of the molecule is Cc1ccc(NCc2ccc(Cl)s2)c([N+](=O)[O-])c1. The van der Waals surface area contributed by atoms with Crippen molar-refractivity contribution < 1.29 is 4.92 Å². The molecule has 2 aromatic rings. The lowest BCUT2D eigenvalue weighted by atomic mass is 10.2. The van der Waals surface area contributed by atoms with Crippen molar-refractivity contribution in [2.75, 3.05) is 5.32 Å². The summed E-state index contributed by atoms with van der Waals surface area (Å²) >= 11 is 7.28. The molecule has 2 rings (SSSR count). The third-order valence-electron chi connectivity index (χ3n) is 2.43. The molecule has 0 saturated heterocycles. The Balaban J connectivity index is 2.16. The second kappa shape index (κ2) is 5.37. The van der Waals surface area contributed by atoms with Crippen LogP contribution >= 0.6 is 22.9 Å². The molecular weight excluding hydrogens is 272 g/mol. The van der Waals surface area contributed by atoms with E-state index in [0.717, 1.165) is 10.4 Å². The van der Waals surface area contributed by atoms with Gasteiger partial charge in [-0.3, -0.25) is 10.1 Å². The van der Waals surface area contributed by atoms with E-state index in [4.69, 9.17) is 11.6 Å². The Labute approximate surface area is 113 Å². The van der Waals surface area contributed by atoms with Crippen molar-refractivity contribution in [3.63, 3.8) is 0 Å². The van der Waals surface area contributed by atoms with Crippen LogP contribution in [0.5, 0.6) is 0 Å². The highest BCUT2D eigenvalue weighted by molar-refractivity contribution is 7.16. The summed E-state index contributed by atoms with van der Waals surface area (Å²) in [6.07, 6.45) is 0. The lowest BCUT2D eigenvalue weighted by molar-refractivity contribution is -0.384. The Hall–Kier alpha value is -1.59. The fourth-order valence-corrected chi connectivity index (χ4v) is 2.60. The van der Waals surface area contributed by atoms with E-state index in [2.05, 4.69) is 5.32 Å². The maximum Gasteiger partial charge on any atom is 0.292 e. The molecule has 0 aliphatic carbocycles. The summed E-state index contributed by atoms with van der Waals surface area (Å²) in [6, 6.07) is 8.84. The van der Waals surface area contributed by atoms with Gasteiger partial charge in [0.25, 0.3) is 5.69 Å². The van der Waals surface area contributed by atoms with Gasteiger partial charge in [0, 0.05) is 17.5 Å². The van der Waals surface area contributed by atoms with Gasteiger partial charge in [-0.15, -0.1) is 11.3 Å². The summed E-state index contributed by atoms with van der Waals surface area (Å²) in [5, 5.41) is 14.0. The minimum atomic E-state index is -0.378. The number of nitrogens with zero attached hydrogens (tertiary/aromatic N) is 1. The Morgan fingerprint density at radius 1 is 1.39 bits per heavy atom. The van der Waals surface area contributed by atoms with E-state index in [1.54, 1.807) is 12.1 Å². The Morgan fingerprint density at radius 3 is 2.78 bits per heavy atom. The predicted molar refractivity (Wildman–Crippen MR) is 74.5 cm³/mol. The average molecular weight is 283 g/mol. The van der Waals surface area contributed by atoms with Gasteiger partial charge >= 0.3 is 0 Å². The minimum Gasteiger partial charge on any atom is -0.375 e. The van der Waals surface area contributed by atoms with Crippen molar-refractivity contribution in [1.29, 1.82) is 0 Å². The van der Waals surface area contributed by atoms with Crippen LogP contribution in [-0.2, 0) is 6.54 Å². The zero-order valence-electron chi connectivity index (χ0n) is 9.64. The smallest absolute Gasteiger partial charge is 0.292 e. The highest BCUT2D eigenvalue weighted by Gasteiger charge is 2.13. The number of nitrogens with one attached hydrogen (secondary N) is 1. The van der Waals surface area contributed by atoms with Crippen LogP contribution < -0.4 is 5.32 Å². The first-order valence-corrected chi connectivity index (χ1v) is 6.49. The number of halogens is 1. The molecule has 1 aromatic carbocycles. The number of nitro groups is 1. The second-order valence-electron chi connectivity index (χ2n) is 3.84. The quantitative estimate of drug-likeness (QED) is 0.674. The van der Waals surface area contributed by atoms with Crippen LogP contribution in [0.25, 0.3) is 0 Å². The van der Waals surface area contributed by atoms with Crippen molar-refractivity contribution >= 4 is 34.3 Å². The number of hydrogen-bond acceptors (Lipinski definition) is 4. The monoisotopic (exact) mass is 282 g/mol. The summed E-state index contributed by atoms with van der Waals surface area (Å²) in [4.78, 5) is 11.6. The third kappa shape index (κ3) is 3.00. The molecule has 4 nitrogen and oxygen atoms in total. The fourth-order valence-electron chi connectivity index (χ4n) is 1.57. The first-order chi connectivity index (χ1) is 8.56. The van der Waals surface area contributed by atoms with Crippen LogP contribution in [0, 0.1) is 17.0 Å².